The molecule has 0 unspecified atom stereocenters. The van der Waals surface area contributed by atoms with Crippen LogP contribution in [-0.2, 0) is 6.18 Å². The molecule has 0 aliphatic carbocycles. The number of pyridine rings is 1. The summed E-state index contributed by atoms with van der Waals surface area (Å²) >= 11 is 5.77. The molecular weight excluding hydrogens is 307 g/mol. The van der Waals surface area contributed by atoms with Crippen molar-refractivity contribution in [1.82, 2.24) is 4.98 Å². The highest BCUT2D eigenvalue weighted by molar-refractivity contribution is 6.33. The molecule has 2 amide bonds. The van der Waals surface area contributed by atoms with Gasteiger partial charge in [-0.2, -0.15) is 13.2 Å². The fraction of sp³-hybridized carbons (Fsp3) is 0.0769. The first-order valence-corrected chi connectivity index (χ1v) is 6.09. The summed E-state index contributed by atoms with van der Waals surface area (Å²) < 4.78 is 37.8. The van der Waals surface area contributed by atoms with Crippen molar-refractivity contribution >= 4 is 29.0 Å². The van der Waals surface area contributed by atoms with Gasteiger partial charge < -0.3 is 10.6 Å². The Morgan fingerprint density at radius 3 is 2.38 bits per heavy atom. The van der Waals surface area contributed by atoms with E-state index in [4.69, 9.17) is 11.6 Å². The number of alkyl halides is 3. The zero-order chi connectivity index (χ0) is 15.5. The van der Waals surface area contributed by atoms with E-state index in [0.29, 0.717) is 5.69 Å². The molecule has 0 fully saturated rings. The number of nitrogens with one attached hydrogen (secondary N) is 2. The zero-order valence-electron chi connectivity index (χ0n) is 10.4. The number of hydrogen-bond donors (Lipinski definition) is 2. The molecule has 0 atom stereocenters. The predicted octanol–water partition coefficient (Wildman–Crippen LogP) is 4.40. The summed E-state index contributed by atoms with van der Waals surface area (Å²) in [6.07, 6.45) is -1.58. The summed E-state index contributed by atoms with van der Waals surface area (Å²) in [4.78, 5) is 15.5. The highest BCUT2D eigenvalue weighted by atomic mass is 35.5. The van der Waals surface area contributed by atoms with Crippen LogP contribution in [0.1, 0.15) is 5.56 Å². The van der Waals surface area contributed by atoms with E-state index < -0.39 is 17.8 Å². The van der Waals surface area contributed by atoms with Crippen molar-refractivity contribution in [3.8, 4) is 0 Å². The third-order valence-corrected chi connectivity index (χ3v) is 2.81. The maximum absolute atomic E-state index is 12.6. The summed E-state index contributed by atoms with van der Waals surface area (Å²) in [6.45, 7) is 0. The van der Waals surface area contributed by atoms with Crippen LogP contribution in [-0.4, -0.2) is 11.0 Å². The predicted molar refractivity (Wildman–Crippen MR) is 73.3 cm³/mol. The van der Waals surface area contributed by atoms with Gasteiger partial charge in [-0.25, -0.2) is 4.79 Å². The lowest BCUT2D eigenvalue weighted by molar-refractivity contribution is -0.137. The summed E-state index contributed by atoms with van der Waals surface area (Å²) in [5.74, 6) is 0. The molecule has 1 aromatic heterocycles. The number of urea groups is 1. The molecule has 2 N–H and O–H groups in total. The Balaban J connectivity index is 2.14. The number of anilines is 2. The summed E-state index contributed by atoms with van der Waals surface area (Å²) in [7, 11) is 0. The summed E-state index contributed by atoms with van der Waals surface area (Å²) in [6, 6.07) is 5.05. The minimum absolute atomic E-state index is 0.00729. The molecule has 0 saturated heterocycles. The standard InChI is InChI=1S/C13H9ClF3N3O/c14-10-2-1-8(13(15,16)17)7-11(10)20-12(21)19-9-3-5-18-6-4-9/h1-7H,(H2,18,19,20,21). The Kier molecular flexibility index (Phi) is 4.32. The SMILES string of the molecule is O=C(Nc1ccncc1)Nc1cc(C(F)(F)F)ccc1Cl. The molecule has 1 aromatic carbocycles. The van der Waals surface area contributed by atoms with Gasteiger partial charge >= 0.3 is 12.2 Å². The van der Waals surface area contributed by atoms with E-state index in [1.54, 1.807) is 0 Å². The third kappa shape index (κ3) is 4.09. The second-order valence-electron chi connectivity index (χ2n) is 4.01. The maximum Gasteiger partial charge on any atom is 0.416 e. The molecule has 4 nitrogen and oxygen atoms in total. The molecule has 2 aromatic rings. The van der Waals surface area contributed by atoms with E-state index in [2.05, 4.69) is 15.6 Å². The molecule has 21 heavy (non-hydrogen) atoms. The Labute approximate surface area is 122 Å². The van der Waals surface area contributed by atoms with Crippen LogP contribution >= 0.6 is 11.6 Å². The number of aromatic nitrogens is 1. The second kappa shape index (κ2) is 6.01. The minimum atomic E-state index is -4.51. The van der Waals surface area contributed by atoms with Crippen LogP contribution in [0.2, 0.25) is 5.02 Å². The monoisotopic (exact) mass is 315 g/mol. The van der Waals surface area contributed by atoms with Gasteiger partial charge in [0, 0.05) is 18.1 Å². The van der Waals surface area contributed by atoms with E-state index in [1.165, 1.54) is 24.5 Å². The molecule has 0 aliphatic rings. The highest BCUT2D eigenvalue weighted by Gasteiger charge is 2.31. The van der Waals surface area contributed by atoms with Crippen molar-refractivity contribution in [1.29, 1.82) is 0 Å². The summed E-state index contributed by atoms with van der Waals surface area (Å²) in [5, 5.41) is 4.72. The van der Waals surface area contributed by atoms with Crippen molar-refractivity contribution in [3.63, 3.8) is 0 Å². The van der Waals surface area contributed by atoms with Gasteiger partial charge in [-0.1, -0.05) is 11.6 Å². The van der Waals surface area contributed by atoms with Crippen LogP contribution in [0.4, 0.5) is 29.3 Å². The fourth-order valence-electron chi connectivity index (χ4n) is 1.52. The van der Waals surface area contributed by atoms with E-state index in [9.17, 15) is 18.0 Å². The van der Waals surface area contributed by atoms with E-state index in [0.717, 1.165) is 18.2 Å². The number of nitrogens with zero attached hydrogens (tertiary/aromatic N) is 1. The zero-order valence-corrected chi connectivity index (χ0v) is 11.2. The van der Waals surface area contributed by atoms with Crippen LogP contribution in [0.5, 0.6) is 0 Å². The Bertz CT molecular complexity index is 647. The molecule has 2 rings (SSSR count). The number of benzene rings is 1. The molecule has 0 aliphatic heterocycles. The second-order valence-corrected chi connectivity index (χ2v) is 4.41. The van der Waals surface area contributed by atoms with E-state index >= 15 is 0 Å². The topological polar surface area (TPSA) is 54.0 Å². The Hall–Kier alpha value is -2.28. The quantitative estimate of drug-likeness (QED) is 0.863. The number of carbonyl (C=O) groups excluding carboxylic acids is 1. The smallest absolute Gasteiger partial charge is 0.308 e. The largest absolute Gasteiger partial charge is 0.416 e. The van der Waals surface area contributed by atoms with Crippen LogP contribution in [0.25, 0.3) is 0 Å². The number of halogens is 4. The van der Waals surface area contributed by atoms with Crippen molar-refractivity contribution < 1.29 is 18.0 Å². The van der Waals surface area contributed by atoms with Gasteiger partial charge in [0.15, 0.2) is 0 Å². The number of rotatable bonds is 2. The van der Waals surface area contributed by atoms with Crippen LogP contribution < -0.4 is 10.6 Å². The van der Waals surface area contributed by atoms with Gasteiger partial charge in [0.2, 0.25) is 0 Å². The lowest BCUT2D eigenvalue weighted by atomic mass is 10.2. The molecule has 0 radical (unpaired) electrons. The van der Waals surface area contributed by atoms with Gasteiger partial charge in [0.1, 0.15) is 0 Å². The van der Waals surface area contributed by atoms with Crippen LogP contribution in [0, 0.1) is 0 Å². The van der Waals surface area contributed by atoms with Crippen molar-refractivity contribution in [2.24, 2.45) is 0 Å². The van der Waals surface area contributed by atoms with Crippen molar-refractivity contribution in [3.05, 3.63) is 53.3 Å². The molecule has 0 bridgehead atoms. The number of carbonyl (C=O) groups is 1. The molecule has 110 valence electrons. The van der Waals surface area contributed by atoms with Crippen LogP contribution in [0.3, 0.4) is 0 Å². The lowest BCUT2D eigenvalue weighted by Crippen LogP contribution is -2.20. The third-order valence-electron chi connectivity index (χ3n) is 2.48. The minimum Gasteiger partial charge on any atom is -0.308 e. The first kappa shape index (κ1) is 15.1. The summed E-state index contributed by atoms with van der Waals surface area (Å²) in [5.41, 5.74) is -0.574. The van der Waals surface area contributed by atoms with Gasteiger partial charge in [0.25, 0.3) is 0 Å². The normalized spacial score (nSPS) is 11.0. The Morgan fingerprint density at radius 1 is 1.10 bits per heavy atom. The number of hydrogen-bond acceptors (Lipinski definition) is 2. The van der Waals surface area contributed by atoms with Crippen molar-refractivity contribution in [2.45, 2.75) is 6.18 Å². The van der Waals surface area contributed by atoms with Gasteiger partial charge in [-0.15, -0.1) is 0 Å². The average molecular weight is 316 g/mol. The van der Waals surface area contributed by atoms with E-state index in [-0.39, 0.29) is 10.7 Å². The van der Waals surface area contributed by atoms with Crippen LogP contribution in [0.15, 0.2) is 42.7 Å². The van der Waals surface area contributed by atoms with Gasteiger partial charge in [0.05, 0.1) is 16.3 Å². The molecule has 8 heteroatoms. The Morgan fingerprint density at radius 2 is 1.76 bits per heavy atom. The van der Waals surface area contributed by atoms with Gasteiger partial charge in [-0.3, -0.25) is 4.98 Å². The van der Waals surface area contributed by atoms with Crippen molar-refractivity contribution in [2.75, 3.05) is 10.6 Å². The lowest BCUT2D eigenvalue weighted by Gasteiger charge is -2.12. The fourth-order valence-corrected chi connectivity index (χ4v) is 1.68. The maximum atomic E-state index is 12.6. The molecule has 1 heterocycles. The molecular formula is C13H9ClF3N3O. The average Bonchev–Trinajstić information content (AvgIpc) is 2.41. The number of amides is 2. The van der Waals surface area contributed by atoms with E-state index in [1.807, 2.05) is 0 Å². The first-order chi connectivity index (χ1) is 9.86. The first-order valence-electron chi connectivity index (χ1n) is 5.71. The highest BCUT2D eigenvalue weighted by Crippen LogP contribution is 2.33. The molecule has 0 spiro atoms. The molecule has 0 saturated carbocycles. The van der Waals surface area contributed by atoms with Gasteiger partial charge in [-0.05, 0) is 30.3 Å².